The van der Waals surface area contributed by atoms with E-state index in [1.165, 1.54) is 0 Å². The van der Waals surface area contributed by atoms with E-state index in [-0.39, 0.29) is 5.91 Å². The molecule has 3 nitrogen and oxygen atoms in total. The second-order valence-electron chi connectivity index (χ2n) is 3.21. The molecular formula is C8H15N2O. The first kappa shape index (κ1) is 8.53. The average Bonchev–Trinajstić information content (AvgIpc) is 2.34. The quantitative estimate of drug-likeness (QED) is 0.531. The van der Waals surface area contributed by atoms with Gasteiger partial charge in [0.2, 0.25) is 5.91 Å². The summed E-state index contributed by atoms with van der Waals surface area (Å²) in [4.78, 5) is 14.8. The van der Waals surface area contributed by atoms with Crippen molar-refractivity contribution in [2.75, 3.05) is 27.2 Å². The Balaban J connectivity index is 2.43. The van der Waals surface area contributed by atoms with E-state index in [1.54, 1.807) is 4.90 Å². The van der Waals surface area contributed by atoms with Crippen LogP contribution in [0.3, 0.4) is 0 Å². The number of nitrogens with zero attached hydrogens (tertiary/aromatic N) is 2. The smallest absolute Gasteiger partial charge is 0.223 e. The van der Waals surface area contributed by atoms with Gasteiger partial charge in [0.15, 0.2) is 0 Å². The second kappa shape index (κ2) is 3.22. The van der Waals surface area contributed by atoms with E-state index in [2.05, 4.69) is 18.9 Å². The van der Waals surface area contributed by atoms with Gasteiger partial charge in [-0.05, 0) is 20.0 Å². The molecule has 1 heterocycles. The Kier molecular flexibility index (Phi) is 2.49. The monoisotopic (exact) mass is 155 g/mol. The number of carbonyl (C=O) groups excluding carboxylic acids is 1. The summed E-state index contributed by atoms with van der Waals surface area (Å²) in [7, 11) is 3.89. The molecule has 1 fully saturated rings. The number of carbonyl (C=O) groups is 1. The Labute approximate surface area is 68.0 Å². The number of hydrogen-bond acceptors (Lipinski definition) is 2. The van der Waals surface area contributed by atoms with Crippen molar-refractivity contribution < 1.29 is 4.79 Å². The highest BCUT2D eigenvalue weighted by molar-refractivity contribution is 5.80. The van der Waals surface area contributed by atoms with Gasteiger partial charge in [0, 0.05) is 26.6 Å². The summed E-state index contributed by atoms with van der Waals surface area (Å²) in [6.07, 6.45) is 1.08. The molecule has 0 aromatic heterocycles. The summed E-state index contributed by atoms with van der Waals surface area (Å²) < 4.78 is 0. The topological polar surface area (TPSA) is 23.6 Å². The first-order valence-corrected chi connectivity index (χ1v) is 3.88. The first-order valence-electron chi connectivity index (χ1n) is 3.88. The van der Waals surface area contributed by atoms with E-state index in [4.69, 9.17) is 0 Å². The molecule has 1 radical (unpaired) electrons. The summed E-state index contributed by atoms with van der Waals surface area (Å²) in [6, 6.07) is 0.380. The number of rotatable bonds is 1. The standard InChI is InChI=1S/C8H15N2O/c1-7(11)10(3)8-4-5-9(2)6-8/h8H,1,4-6H2,2-3H3. The molecule has 0 spiro atoms. The van der Waals surface area contributed by atoms with Gasteiger partial charge in [0.25, 0.3) is 0 Å². The third-order valence-electron chi connectivity index (χ3n) is 2.31. The lowest BCUT2D eigenvalue weighted by Crippen LogP contribution is -2.37. The largest absolute Gasteiger partial charge is 0.341 e. The normalized spacial score (nSPS) is 25.5. The molecule has 3 heteroatoms. The molecule has 0 aliphatic carbocycles. The van der Waals surface area contributed by atoms with Crippen molar-refractivity contribution in [2.24, 2.45) is 0 Å². The Bertz CT molecular complexity index is 158. The van der Waals surface area contributed by atoms with Crippen molar-refractivity contribution in [2.45, 2.75) is 12.5 Å². The molecule has 63 valence electrons. The SMILES string of the molecule is [CH2]C(=O)N(C)C1CCN(C)C1. The fourth-order valence-electron chi connectivity index (χ4n) is 1.43. The van der Waals surface area contributed by atoms with E-state index in [1.807, 2.05) is 7.05 Å². The average molecular weight is 155 g/mol. The molecule has 0 aromatic rings. The van der Waals surface area contributed by atoms with Gasteiger partial charge in [0.05, 0.1) is 0 Å². The van der Waals surface area contributed by atoms with Crippen molar-refractivity contribution in [3.63, 3.8) is 0 Å². The lowest BCUT2D eigenvalue weighted by Gasteiger charge is -2.22. The maximum absolute atomic E-state index is 10.8. The summed E-state index contributed by atoms with van der Waals surface area (Å²) in [5.74, 6) is -0.0784. The predicted molar refractivity (Wildman–Crippen MR) is 44.0 cm³/mol. The molecule has 0 aromatic carbocycles. The molecule has 1 saturated heterocycles. The van der Waals surface area contributed by atoms with Gasteiger partial charge in [-0.1, -0.05) is 0 Å². The molecule has 0 N–H and O–H groups in total. The van der Waals surface area contributed by atoms with Gasteiger partial charge in [-0.25, -0.2) is 0 Å². The maximum atomic E-state index is 10.8. The van der Waals surface area contributed by atoms with Gasteiger partial charge in [-0.2, -0.15) is 0 Å². The zero-order valence-corrected chi connectivity index (χ0v) is 7.21. The van der Waals surface area contributed by atoms with Crippen LogP contribution in [0.5, 0.6) is 0 Å². The van der Waals surface area contributed by atoms with Crippen LogP contribution in [0.1, 0.15) is 6.42 Å². The third kappa shape index (κ3) is 1.93. The highest BCUT2D eigenvalue weighted by Crippen LogP contribution is 2.11. The highest BCUT2D eigenvalue weighted by atomic mass is 16.2. The summed E-state index contributed by atoms with van der Waals surface area (Å²) >= 11 is 0. The van der Waals surface area contributed by atoms with E-state index in [0.29, 0.717) is 6.04 Å². The summed E-state index contributed by atoms with van der Waals surface area (Å²) in [5.41, 5.74) is 0. The lowest BCUT2D eigenvalue weighted by atomic mass is 10.2. The van der Waals surface area contributed by atoms with Crippen LogP contribution >= 0.6 is 0 Å². The minimum atomic E-state index is -0.0784. The van der Waals surface area contributed by atoms with Crippen molar-refractivity contribution in [3.05, 3.63) is 6.92 Å². The van der Waals surface area contributed by atoms with E-state index in [0.717, 1.165) is 19.5 Å². The molecule has 1 aliphatic heterocycles. The Hall–Kier alpha value is -0.570. The molecule has 1 aliphatic rings. The minimum absolute atomic E-state index is 0.0784. The molecule has 1 atom stereocenters. The molecular weight excluding hydrogens is 140 g/mol. The number of likely N-dealkylation sites (tertiary alicyclic amines) is 1. The fraction of sp³-hybridized carbons (Fsp3) is 0.750. The van der Waals surface area contributed by atoms with Gasteiger partial charge in [-0.15, -0.1) is 0 Å². The molecule has 0 saturated carbocycles. The van der Waals surface area contributed by atoms with Gasteiger partial charge >= 0.3 is 0 Å². The lowest BCUT2D eigenvalue weighted by molar-refractivity contribution is -0.126. The van der Waals surface area contributed by atoms with Crippen LogP contribution in [0.25, 0.3) is 0 Å². The summed E-state index contributed by atoms with van der Waals surface area (Å²) in [5, 5.41) is 0. The number of amides is 1. The zero-order chi connectivity index (χ0) is 8.43. The first-order chi connectivity index (χ1) is 5.11. The van der Waals surface area contributed by atoms with Gasteiger partial charge in [-0.3, -0.25) is 4.79 Å². The van der Waals surface area contributed by atoms with E-state index < -0.39 is 0 Å². The molecule has 0 bridgehead atoms. The highest BCUT2D eigenvalue weighted by Gasteiger charge is 2.24. The van der Waals surface area contributed by atoms with Crippen molar-refractivity contribution in [1.29, 1.82) is 0 Å². The van der Waals surface area contributed by atoms with Crippen LogP contribution in [0.15, 0.2) is 0 Å². The van der Waals surface area contributed by atoms with Crippen LogP contribution in [-0.2, 0) is 4.79 Å². The third-order valence-corrected chi connectivity index (χ3v) is 2.31. The van der Waals surface area contributed by atoms with Crippen molar-refractivity contribution in [3.8, 4) is 0 Å². The van der Waals surface area contributed by atoms with Crippen LogP contribution in [0.2, 0.25) is 0 Å². The zero-order valence-electron chi connectivity index (χ0n) is 7.21. The number of hydrogen-bond donors (Lipinski definition) is 0. The molecule has 1 rings (SSSR count). The van der Waals surface area contributed by atoms with Crippen LogP contribution in [-0.4, -0.2) is 48.9 Å². The second-order valence-corrected chi connectivity index (χ2v) is 3.21. The van der Waals surface area contributed by atoms with Crippen LogP contribution in [0, 0.1) is 6.92 Å². The van der Waals surface area contributed by atoms with Crippen LogP contribution < -0.4 is 0 Å². The molecule has 1 amide bonds. The Morgan fingerprint density at radius 1 is 1.73 bits per heavy atom. The predicted octanol–water partition coefficient (Wildman–Crippen LogP) is -0.0170. The maximum Gasteiger partial charge on any atom is 0.223 e. The fourth-order valence-corrected chi connectivity index (χ4v) is 1.43. The summed E-state index contributed by atoms with van der Waals surface area (Å²) in [6.45, 7) is 5.45. The molecule has 11 heavy (non-hydrogen) atoms. The van der Waals surface area contributed by atoms with Crippen molar-refractivity contribution >= 4 is 5.91 Å². The van der Waals surface area contributed by atoms with E-state index in [9.17, 15) is 4.79 Å². The Morgan fingerprint density at radius 3 is 2.73 bits per heavy atom. The van der Waals surface area contributed by atoms with Crippen LogP contribution in [0.4, 0.5) is 0 Å². The van der Waals surface area contributed by atoms with E-state index >= 15 is 0 Å². The van der Waals surface area contributed by atoms with Gasteiger partial charge in [0.1, 0.15) is 0 Å². The number of likely N-dealkylation sites (N-methyl/N-ethyl adjacent to an activating group) is 2. The minimum Gasteiger partial charge on any atom is -0.341 e. The van der Waals surface area contributed by atoms with Crippen molar-refractivity contribution in [1.82, 2.24) is 9.80 Å². The Morgan fingerprint density at radius 2 is 2.36 bits per heavy atom. The van der Waals surface area contributed by atoms with Gasteiger partial charge < -0.3 is 9.80 Å². The molecule has 1 unspecified atom stereocenters.